The van der Waals surface area contributed by atoms with Crippen molar-refractivity contribution in [1.29, 1.82) is 0 Å². The summed E-state index contributed by atoms with van der Waals surface area (Å²) in [6.07, 6.45) is 2.05. The number of benzene rings is 1. The number of rotatable bonds is 2. The van der Waals surface area contributed by atoms with Crippen LogP contribution in [0.1, 0.15) is 9.67 Å². The average molecular weight is 223 g/mol. The number of nitrogens with zero attached hydrogens (tertiary/aromatic N) is 1. The van der Waals surface area contributed by atoms with E-state index in [4.69, 9.17) is 5.11 Å². The Hall–Kier alpha value is -1.75. The molecule has 2 aromatic rings. The molecule has 2 rings (SSSR count). The Labute approximate surface area is 88.8 Å². The van der Waals surface area contributed by atoms with E-state index in [9.17, 15) is 9.18 Å². The molecule has 0 atom stereocenters. The fourth-order valence-electron chi connectivity index (χ4n) is 1.14. The normalized spacial score (nSPS) is 10.2. The molecular formula is C10H6FNO2S. The van der Waals surface area contributed by atoms with Crippen LogP contribution >= 0.6 is 11.3 Å². The Morgan fingerprint density at radius 3 is 2.87 bits per heavy atom. The van der Waals surface area contributed by atoms with E-state index in [1.807, 2.05) is 0 Å². The summed E-state index contributed by atoms with van der Waals surface area (Å²) in [6, 6.07) is 3.82. The predicted octanol–water partition coefficient (Wildman–Crippen LogP) is 2.47. The highest BCUT2D eigenvalue weighted by molar-refractivity contribution is 7.16. The summed E-state index contributed by atoms with van der Waals surface area (Å²) in [4.78, 5) is 14.8. The van der Waals surface area contributed by atoms with Gasteiger partial charge in [0.25, 0.3) is 0 Å². The van der Waals surface area contributed by atoms with Crippen LogP contribution in [0.4, 0.5) is 4.39 Å². The second-order valence-electron chi connectivity index (χ2n) is 2.85. The third-order valence-corrected chi connectivity index (χ3v) is 2.78. The van der Waals surface area contributed by atoms with Crippen LogP contribution in [-0.2, 0) is 0 Å². The van der Waals surface area contributed by atoms with Crippen molar-refractivity contribution < 1.29 is 14.3 Å². The molecule has 0 aliphatic carbocycles. The number of aromatic hydroxyl groups is 1. The Morgan fingerprint density at radius 1 is 1.47 bits per heavy atom. The molecule has 0 aliphatic rings. The van der Waals surface area contributed by atoms with Gasteiger partial charge < -0.3 is 5.11 Å². The molecule has 0 aliphatic heterocycles. The molecule has 3 nitrogen and oxygen atoms in total. The molecular weight excluding hydrogens is 217 g/mol. The van der Waals surface area contributed by atoms with Crippen molar-refractivity contribution in [2.75, 3.05) is 0 Å². The van der Waals surface area contributed by atoms with Gasteiger partial charge >= 0.3 is 0 Å². The number of thiazole rings is 1. The number of carbonyl (C=O) groups excluding carboxylic acids is 1. The molecule has 1 aromatic carbocycles. The van der Waals surface area contributed by atoms with Crippen LogP contribution in [0.25, 0.3) is 10.6 Å². The van der Waals surface area contributed by atoms with E-state index in [1.54, 1.807) is 0 Å². The van der Waals surface area contributed by atoms with E-state index in [-0.39, 0.29) is 11.3 Å². The van der Waals surface area contributed by atoms with Gasteiger partial charge in [-0.3, -0.25) is 4.79 Å². The van der Waals surface area contributed by atoms with Crippen LogP contribution < -0.4 is 0 Å². The molecule has 5 heteroatoms. The largest absolute Gasteiger partial charge is 0.508 e. The fraction of sp³-hybridized carbons (Fsp3) is 0. The summed E-state index contributed by atoms with van der Waals surface area (Å²) in [6.45, 7) is 0. The zero-order valence-corrected chi connectivity index (χ0v) is 8.29. The summed E-state index contributed by atoms with van der Waals surface area (Å²) in [7, 11) is 0. The van der Waals surface area contributed by atoms with Crippen molar-refractivity contribution in [3.05, 3.63) is 35.1 Å². The highest BCUT2D eigenvalue weighted by Crippen LogP contribution is 2.28. The van der Waals surface area contributed by atoms with Gasteiger partial charge in [-0.15, -0.1) is 11.3 Å². The van der Waals surface area contributed by atoms with E-state index in [0.29, 0.717) is 16.2 Å². The highest BCUT2D eigenvalue weighted by Gasteiger charge is 2.09. The van der Waals surface area contributed by atoms with Crippen LogP contribution in [-0.4, -0.2) is 16.4 Å². The monoisotopic (exact) mass is 223 g/mol. The first kappa shape index (κ1) is 9.79. The van der Waals surface area contributed by atoms with Crippen molar-refractivity contribution >= 4 is 17.6 Å². The van der Waals surface area contributed by atoms with E-state index < -0.39 is 5.82 Å². The van der Waals surface area contributed by atoms with Crippen LogP contribution in [0, 0.1) is 5.82 Å². The molecule has 0 spiro atoms. The number of hydrogen-bond acceptors (Lipinski definition) is 4. The van der Waals surface area contributed by atoms with Crippen molar-refractivity contribution in [3.63, 3.8) is 0 Å². The van der Waals surface area contributed by atoms with E-state index >= 15 is 0 Å². The Morgan fingerprint density at radius 2 is 2.27 bits per heavy atom. The molecule has 1 aromatic heterocycles. The molecule has 0 saturated carbocycles. The van der Waals surface area contributed by atoms with Gasteiger partial charge in [0.1, 0.15) is 16.6 Å². The van der Waals surface area contributed by atoms with Gasteiger partial charge in [-0.2, -0.15) is 0 Å². The SMILES string of the molecule is O=Cc1cnc(-c2ccc(O)cc2F)s1. The Bertz CT molecular complexity index is 510. The van der Waals surface area contributed by atoms with Gasteiger partial charge in [0.2, 0.25) is 0 Å². The zero-order chi connectivity index (χ0) is 10.8. The molecule has 0 fully saturated rings. The maximum Gasteiger partial charge on any atom is 0.161 e. The highest BCUT2D eigenvalue weighted by atomic mass is 32.1. The second-order valence-corrected chi connectivity index (χ2v) is 3.91. The first-order valence-electron chi connectivity index (χ1n) is 4.10. The molecule has 0 radical (unpaired) electrons. The van der Waals surface area contributed by atoms with Gasteiger partial charge in [0.15, 0.2) is 6.29 Å². The van der Waals surface area contributed by atoms with Crippen molar-refractivity contribution in [2.45, 2.75) is 0 Å². The summed E-state index contributed by atoms with van der Waals surface area (Å²) in [5, 5.41) is 9.45. The van der Waals surface area contributed by atoms with Gasteiger partial charge in [0.05, 0.1) is 4.88 Å². The van der Waals surface area contributed by atoms with Crippen molar-refractivity contribution in [2.24, 2.45) is 0 Å². The molecule has 0 unspecified atom stereocenters. The first-order chi connectivity index (χ1) is 7.20. The number of hydrogen-bond donors (Lipinski definition) is 1. The van der Waals surface area contributed by atoms with Gasteiger partial charge in [-0.1, -0.05) is 0 Å². The fourth-order valence-corrected chi connectivity index (χ4v) is 1.90. The third-order valence-electron chi connectivity index (χ3n) is 1.82. The van der Waals surface area contributed by atoms with Gasteiger partial charge in [-0.25, -0.2) is 9.37 Å². The lowest BCUT2D eigenvalue weighted by Gasteiger charge is -1.98. The summed E-state index contributed by atoms with van der Waals surface area (Å²) in [5.74, 6) is -0.690. The molecule has 0 bridgehead atoms. The number of carbonyl (C=O) groups is 1. The average Bonchev–Trinajstić information content (AvgIpc) is 2.66. The Kier molecular flexibility index (Phi) is 2.47. The van der Waals surface area contributed by atoms with Gasteiger partial charge in [0, 0.05) is 17.8 Å². The van der Waals surface area contributed by atoms with Crippen LogP contribution in [0.2, 0.25) is 0 Å². The quantitative estimate of drug-likeness (QED) is 0.795. The number of halogens is 1. The number of aromatic nitrogens is 1. The summed E-state index contributed by atoms with van der Waals surface area (Å²) in [5.41, 5.74) is 0.283. The minimum absolute atomic E-state index is 0.136. The summed E-state index contributed by atoms with van der Waals surface area (Å²) < 4.78 is 13.4. The lowest BCUT2D eigenvalue weighted by atomic mass is 10.2. The van der Waals surface area contributed by atoms with E-state index in [2.05, 4.69) is 4.98 Å². The smallest absolute Gasteiger partial charge is 0.161 e. The van der Waals surface area contributed by atoms with Crippen LogP contribution in [0.3, 0.4) is 0 Å². The Balaban J connectivity index is 2.49. The van der Waals surface area contributed by atoms with Crippen LogP contribution in [0.5, 0.6) is 5.75 Å². The van der Waals surface area contributed by atoms with E-state index in [1.165, 1.54) is 18.3 Å². The standard InChI is InChI=1S/C10H6FNO2S/c11-9-3-6(14)1-2-8(9)10-12-4-7(5-13)15-10/h1-5,14H. The third kappa shape index (κ3) is 1.87. The van der Waals surface area contributed by atoms with Crippen LogP contribution in [0.15, 0.2) is 24.4 Å². The number of aldehydes is 1. The molecule has 1 N–H and O–H groups in total. The maximum atomic E-state index is 13.4. The lowest BCUT2D eigenvalue weighted by molar-refractivity contribution is 0.112. The molecule has 0 amide bonds. The van der Waals surface area contributed by atoms with E-state index in [0.717, 1.165) is 17.4 Å². The first-order valence-corrected chi connectivity index (χ1v) is 4.92. The predicted molar refractivity (Wildman–Crippen MR) is 54.6 cm³/mol. The summed E-state index contributed by atoms with van der Waals surface area (Å²) >= 11 is 1.11. The van der Waals surface area contributed by atoms with Crippen molar-refractivity contribution in [3.8, 4) is 16.3 Å². The molecule has 15 heavy (non-hydrogen) atoms. The molecule has 1 heterocycles. The number of phenols is 1. The lowest BCUT2D eigenvalue weighted by Crippen LogP contribution is -1.81. The minimum Gasteiger partial charge on any atom is -0.508 e. The second kappa shape index (κ2) is 3.78. The maximum absolute atomic E-state index is 13.4. The number of phenolic OH excluding ortho intramolecular Hbond substituents is 1. The zero-order valence-electron chi connectivity index (χ0n) is 7.48. The molecule has 0 saturated heterocycles. The topological polar surface area (TPSA) is 50.2 Å². The van der Waals surface area contributed by atoms with Gasteiger partial charge in [-0.05, 0) is 12.1 Å². The van der Waals surface area contributed by atoms with Crippen molar-refractivity contribution in [1.82, 2.24) is 4.98 Å². The molecule has 76 valence electrons. The minimum atomic E-state index is -0.554.